The van der Waals surface area contributed by atoms with Crippen molar-refractivity contribution in [2.45, 2.75) is 13.8 Å². The van der Waals surface area contributed by atoms with Gasteiger partial charge in [0.2, 0.25) is 5.43 Å². The van der Waals surface area contributed by atoms with Crippen LogP contribution in [0.25, 0.3) is 22.2 Å². The number of hydrogen-bond acceptors (Lipinski definition) is 5. The van der Waals surface area contributed by atoms with Crippen molar-refractivity contribution in [1.82, 2.24) is 19.7 Å². The number of halogens is 2. The van der Waals surface area contributed by atoms with E-state index in [2.05, 4.69) is 27.0 Å². The predicted octanol–water partition coefficient (Wildman–Crippen LogP) is 5.58. The molecule has 6 nitrogen and oxygen atoms in total. The molecule has 4 rings (SSSR count). The molecule has 3 aromatic heterocycles. The molecule has 0 aliphatic rings. The fraction of sp³-hybridized carbons (Fsp3) is 0.125. The quantitative estimate of drug-likeness (QED) is 0.370. The Labute approximate surface area is 195 Å². The van der Waals surface area contributed by atoms with Crippen molar-refractivity contribution in [3.8, 4) is 5.69 Å². The van der Waals surface area contributed by atoms with Crippen molar-refractivity contribution in [1.29, 1.82) is 0 Å². The second-order valence-corrected chi connectivity index (χ2v) is 7.75. The number of aliphatic imine (C=N–C) groups is 1. The van der Waals surface area contributed by atoms with Gasteiger partial charge in [-0.15, -0.1) is 0 Å². The van der Waals surface area contributed by atoms with Crippen molar-refractivity contribution in [3.05, 3.63) is 98.8 Å². The van der Waals surface area contributed by atoms with Crippen LogP contribution in [0.4, 0.5) is 0 Å². The maximum atomic E-state index is 11.9. The highest BCUT2D eigenvalue weighted by atomic mass is 35.5. The molecule has 0 fully saturated rings. The monoisotopic (exact) mass is 465 g/mol. The molecule has 0 saturated carbocycles. The SMILES string of the molecule is CN=C/C=C(\C)c1nn(-c2cncc(Cl)c2)ccc1=O.Cc1ccnc2cc(Cl)ccc12. The summed E-state index contributed by atoms with van der Waals surface area (Å²) in [7, 11) is 1.66. The van der Waals surface area contributed by atoms with E-state index in [0.29, 0.717) is 16.4 Å². The molecule has 0 bridgehead atoms. The molecular weight excluding hydrogens is 445 g/mol. The van der Waals surface area contributed by atoms with E-state index in [1.807, 2.05) is 31.2 Å². The molecule has 32 heavy (non-hydrogen) atoms. The Balaban J connectivity index is 0.000000204. The molecule has 4 aromatic rings. The first kappa shape index (κ1) is 23.3. The molecular formula is C24H21Cl2N5O. The number of aryl methyl sites for hydroxylation is 1. The molecule has 0 amide bonds. The summed E-state index contributed by atoms with van der Waals surface area (Å²) >= 11 is 11.7. The third-order valence-electron chi connectivity index (χ3n) is 4.53. The second kappa shape index (κ2) is 10.8. The standard InChI is InChI=1S/C14H13ClN4O.C10H8ClN/c1-10(3-5-16-2)14-13(20)4-6-19(18-14)12-7-11(15)8-17-9-12;1-7-4-5-12-10-6-8(11)2-3-9(7)10/h3-9H,1-2H3;2-6H,1H3/b10-3+,16-5?;. The molecule has 0 unspecified atom stereocenters. The van der Waals surface area contributed by atoms with Gasteiger partial charge in [-0.25, -0.2) is 4.68 Å². The third-order valence-corrected chi connectivity index (χ3v) is 4.97. The number of hydrogen-bond donors (Lipinski definition) is 0. The highest BCUT2D eigenvalue weighted by Gasteiger charge is 2.06. The molecule has 0 N–H and O–H groups in total. The minimum absolute atomic E-state index is 0.144. The second-order valence-electron chi connectivity index (χ2n) is 6.88. The number of allylic oxidation sites excluding steroid dienone is 2. The van der Waals surface area contributed by atoms with Crippen molar-refractivity contribution in [3.63, 3.8) is 0 Å². The Morgan fingerprint density at radius 2 is 1.91 bits per heavy atom. The Morgan fingerprint density at radius 1 is 1.09 bits per heavy atom. The van der Waals surface area contributed by atoms with Crippen molar-refractivity contribution < 1.29 is 0 Å². The summed E-state index contributed by atoms with van der Waals surface area (Å²) in [6.07, 6.45) is 9.91. The van der Waals surface area contributed by atoms with E-state index in [1.165, 1.54) is 23.2 Å². The van der Waals surface area contributed by atoms with Gasteiger partial charge >= 0.3 is 0 Å². The molecule has 1 aromatic carbocycles. The average molecular weight is 466 g/mol. The van der Waals surface area contributed by atoms with Gasteiger partial charge in [0, 0.05) is 48.3 Å². The first-order valence-corrected chi connectivity index (χ1v) is 10.5. The van der Waals surface area contributed by atoms with Gasteiger partial charge in [0.15, 0.2) is 0 Å². The molecule has 0 radical (unpaired) electrons. The van der Waals surface area contributed by atoms with Gasteiger partial charge in [0.1, 0.15) is 5.69 Å². The van der Waals surface area contributed by atoms with Crippen LogP contribution in [0.2, 0.25) is 10.0 Å². The fourth-order valence-electron chi connectivity index (χ4n) is 2.88. The Hall–Kier alpha value is -3.35. The topological polar surface area (TPSA) is 73.0 Å². The maximum absolute atomic E-state index is 11.9. The zero-order valence-electron chi connectivity index (χ0n) is 17.8. The van der Waals surface area contributed by atoms with Crippen LogP contribution in [0, 0.1) is 6.92 Å². The van der Waals surface area contributed by atoms with Crippen molar-refractivity contribution in [2.24, 2.45) is 4.99 Å². The van der Waals surface area contributed by atoms with Crippen LogP contribution in [0.1, 0.15) is 18.2 Å². The van der Waals surface area contributed by atoms with Crippen LogP contribution in [-0.4, -0.2) is 33.0 Å². The Kier molecular flexibility index (Phi) is 7.87. The summed E-state index contributed by atoms with van der Waals surface area (Å²) < 4.78 is 1.57. The lowest BCUT2D eigenvalue weighted by Gasteiger charge is -2.07. The van der Waals surface area contributed by atoms with Crippen molar-refractivity contribution >= 4 is 45.9 Å². The molecule has 162 valence electrons. The molecule has 0 atom stereocenters. The van der Waals surface area contributed by atoms with Crippen LogP contribution in [0.3, 0.4) is 0 Å². The number of nitrogens with zero attached hydrogens (tertiary/aromatic N) is 5. The molecule has 0 saturated heterocycles. The lowest BCUT2D eigenvalue weighted by Crippen LogP contribution is -2.14. The zero-order chi connectivity index (χ0) is 23.1. The highest BCUT2D eigenvalue weighted by Crippen LogP contribution is 2.19. The lowest BCUT2D eigenvalue weighted by atomic mass is 10.1. The van der Waals surface area contributed by atoms with Gasteiger partial charge < -0.3 is 0 Å². The van der Waals surface area contributed by atoms with Gasteiger partial charge in [-0.1, -0.05) is 29.3 Å². The smallest absolute Gasteiger partial charge is 0.207 e. The molecule has 8 heteroatoms. The molecule has 3 heterocycles. The summed E-state index contributed by atoms with van der Waals surface area (Å²) in [4.78, 5) is 23.9. The molecule has 0 aliphatic carbocycles. The molecule has 0 spiro atoms. The lowest BCUT2D eigenvalue weighted by molar-refractivity contribution is 0.820. The summed E-state index contributed by atoms with van der Waals surface area (Å²) in [6, 6.07) is 10.9. The third kappa shape index (κ3) is 5.87. The summed E-state index contributed by atoms with van der Waals surface area (Å²) in [5, 5.41) is 6.73. The normalized spacial score (nSPS) is 11.5. The van der Waals surface area contributed by atoms with Gasteiger partial charge in [-0.05, 0) is 55.3 Å². The van der Waals surface area contributed by atoms with E-state index in [0.717, 1.165) is 16.1 Å². The van der Waals surface area contributed by atoms with E-state index < -0.39 is 0 Å². The zero-order valence-corrected chi connectivity index (χ0v) is 19.3. The van der Waals surface area contributed by atoms with Gasteiger partial charge in [0.05, 0.1) is 22.4 Å². The number of pyridine rings is 2. The van der Waals surface area contributed by atoms with Gasteiger partial charge in [-0.2, -0.15) is 5.10 Å². The van der Waals surface area contributed by atoms with Crippen molar-refractivity contribution in [2.75, 3.05) is 7.05 Å². The number of rotatable bonds is 3. The fourth-order valence-corrected chi connectivity index (χ4v) is 3.21. The summed E-state index contributed by atoms with van der Waals surface area (Å²) in [6.45, 7) is 3.88. The first-order valence-electron chi connectivity index (χ1n) is 9.70. The van der Waals surface area contributed by atoms with E-state index >= 15 is 0 Å². The Bertz CT molecular complexity index is 1360. The highest BCUT2D eigenvalue weighted by molar-refractivity contribution is 6.31. The van der Waals surface area contributed by atoms with E-state index in [9.17, 15) is 4.79 Å². The van der Waals surface area contributed by atoms with E-state index in [1.54, 1.807) is 48.7 Å². The predicted molar refractivity (Wildman–Crippen MR) is 132 cm³/mol. The number of benzene rings is 1. The first-order chi connectivity index (χ1) is 15.4. The van der Waals surface area contributed by atoms with Gasteiger partial charge in [-0.3, -0.25) is 19.8 Å². The Morgan fingerprint density at radius 3 is 2.66 bits per heavy atom. The number of aromatic nitrogens is 4. The molecule has 0 aliphatic heterocycles. The van der Waals surface area contributed by atoms with Crippen LogP contribution in [-0.2, 0) is 0 Å². The minimum Gasteiger partial charge on any atom is -0.297 e. The van der Waals surface area contributed by atoms with Crippen LogP contribution < -0.4 is 5.43 Å². The van der Waals surface area contributed by atoms with Gasteiger partial charge in [0.25, 0.3) is 0 Å². The van der Waals surface area contributed by atoms with E-state index in [-0.39, 0.29) is 5.43 Å². The summed E-state index contributed by atoms with van der Waals surface area (Å²) in [5.74, 6) is 0. The van der Waals surface area contributed by atoms with Crippen LogP contribution >= 0.6 is 23.2 Å². The van der Waals surface area contributed by atoms with Crippen LogP contribution in [0.5, 0.6) is 0 Å². The average Bonchev–Trinajstić information content (AvgIpc) is 2.78. The minimum atomic E-state index is -0.144. The number of fused-ring (bicyclic) bond motifs is 1. The largest absolute Gasteiger partial charge is 0.297 e. The maximum Gasteiger partial charge on any atom is 0.207 e. The summed E-state index contributed by atoms with van der Waals surface area (Å²) in [5.41, 5.74) is 3.85. The van der Waals surface area contributed by atoms with Crippen LogP contribution in [0.15, 0.2) is 77.0 Å². The van der Waals surface area contributed by atoms with E-state index in [4.69, 9.17) is 23.2 Å².